The van der Waals surface area contributed by atoms with Crippen LogP contribution in [0, 0.1) is 10.8 Å². The summed E-state index contributed by atoms with van der Waals surface area (Å²) in [5.41, 5.74) is -0.854. The van der Waals surface area contributed by atoms with Gasteiger partial charge in [-0.05, 0) is 43.8 Å². The van der Waals surface area contributed by atoms with Gasteiger partial charge in [-0.3, -0.25) is 33.7 Å². The molecule has 2 saturated heterocycles. The molecular formula is C42H84N6O7S. The van der Waals surface area contributed by atoms with Crippen molar-refractivity contribution in [3.63, 3.8) is 0 Å². The molecule has 0 radical (unpaired) electrons. The minimum atomic E-state index is -0.672. The average molecular weight is 817 g/mol. The summed E-state index contributed by atoms with van der Waals surface area (Å²) in [4.78, 5) is 85.8. The number of Topliss-reactive ketones (excluding diaryl/α,β-unsaturated/α-hetero) is 1. The number of unbranched alkanes of at least 4 members (excludes halogenated alkanes) is 6. The van der Waals surface area contributed by atoms with Crippen LogP contribution in [0.1, 0.15) is 167 Å². The van der Waals surface area contributed by atoms with E-state index < -0.39 is 29.4 Å². The van der Waals surface area contributed by atoms with Gasteiger partial charge in [-0.2, -0.15) is 12.6 Å². The Morgan fingerprint density at radius 2 is 1.34 bits per heavy atom. The molecule has 4 N–H and O–H groups in total. The molecule has 2 atom stereocenters. The van der Waals surface area contributed by atoms with Crippen LogP contribution >= 0.6 is 12.6 Å². The molecule has 7 amide bonds. The lowest BCUT2D eigenvalue weighted by Gasteiger charge is -2.39. The Morgan fingerprint density at radius 3 is 1.73 bits per heavy atom. The second kappa shape index (κ2) is 36.2. The van der Waals surface area contributed by atoms with Gasteiger partial charge >= 0.3 is 6.03 Å². The summed E-state index contributed by atoms with van der Waals surface area (Å²) < 4.78 is 0. The summed E-state index contributed by atoms with van der Waals surface area (Å²) >= 11 is 3.53. The highest BCUT2D eigenvalue weighted by molar-refractivity contribution is 7.79. The second-order valence-corrected chi connectivity index (χ2v) is 15.5. The number of piperidine rings is 1. The number of ketones is 1. The molecule has 13 nitrogen and oxygen atoms in total. The molecule has 0 bridgehead atoms. The van der Waals surface area contributed by atoms with Crippen LogP contribution in [0.2, 0.25) is 0 Å². The van der Waals surface area contributed by atoms with Crippen LogP contribution in [0.5, 0.6) is 0 Å². The van der Waals surface area contributed by atoms with Crippen LogP contribution < -0.4 is 21.3 Å². The first-order valence-corrected chi connectivity index (χ1v) is 21.8. The van der Waals surface area contributed by atoms with Crippen LogP contribution in [0.3, 0.4) is 0 Å². The van der Waals surface area contributed by atoms with Gasteiger partial charge in [0, 0.05) is 32.5 Å². The molecule has 0 aliphatic carbocycles. The Balaban J connectivity index is -0.000000530. The molecule has 2 unspecified atom stereocenters. The largest absolute Gasteiger partial charge is 0.359 e. The quantitative estimate of drug-likeness (QED) is 0.0480. The van der Waals surface area contributed by atoms with Gasteiger partial charge in [0.25, 0.3) is 0 Å². The monoisotopic (exact) mass is 817 g/mol. The lowest BCUT2D eigenvalue weighted by atomic mass is 9.80. The standard InChI is InChI=1S/C24H39N5O6.C9H20.C3H7NO.C3H8.C2H6.CH4S/c1-15(30)12-25-21(34)16-8-7-9-28(16)20(33)13-26-22(35)27-17(23(2,3)4)14-29-18(31)10-24(5,6)11-19(29)32;1-3-5-7-9-8-6-4-2;1-2-4-3-5;1-3-2;2*1-2/h16-17H,7-14H2,1-6H3,(H,25,34)(H2,26,27,35);3-9H2,1-2H3;3H,2H2,1H3,(H,4,5);3H2,1-2H3;1-2H3;2H,1H3. The molecule has 2 heterocycles. The fraction of sp³-hybridized carbons (Fsp3) is 0.833. The van der Waals surface area contributed by atoms with Crippen LogP contribution in [0.15, 0.2) is 0 Å². The predicted molar refractivity (Wildman–Crippen MR) is 234 cm³/mol. The highest BCUT2D eigenvalue weighted by Crippen LogP contribution is 2.32. The van der Waals surface area contributed by atoms with E-state index in [4.69, 9.17) is 0 Å². The molecule has 0 aromatic heterocycles. The zero-order valence-corrected chi connectivity index (χ0v) is 38.8. The van der Waals surface area contributed by atoms with Gasteiger partial charge in [-0.25, -0.2) is 4.79 Å². The van der Waals surface area contributed by atoms with E-state index in [0.717, 1.165) is 6.54 Å². The number of carbonyl (C=O) groups is 7. The van der Waals surface area contributed by atoms with E-state index in [0.29, 0.717) is 25.8 Å². The van der Waals surface area contributed by atoms with Crippen molar-refractivity contribution in [2.24, 2.45) is 10.8 Å². The van der Waals surface area contributed by atoms with Crippen molar-refractivity contribution in [3.05, 3.63) is 0 Å². The van der Waals surface area contributed by atoms with E-state index in [1.807, 2.05) is 55.4 Å². The fourth-order valence-electron chi connectivity index (χ4n) is 5.38. The van der Waals surface area contributed by atoms with Gasteiger partial charge in [0.15, 0.2) is 0 Å². The number of carbonyl (C=O) groups excluding carboxylic acids is 7. The lowest BCUT2D eigenvalue weighted by molar-refractivity contribution is -0.153. The van der Waals surface area contributed by atoms with Crippen molar-refractivity contribution in [2.45, 2.75) is 179 Å². The number of hydrogen-bond acceptors (Lipinski definition) is 8. The second-order valence-electron chi connectivity index (χ2n) is 15.5. The SMILES string of the molecule is CC.CC(=O)CNC(=O)C1CCCN1C(=O)CNC(=O)NC(CN1C(=O)CC(C)(C)CC1=O)C(C)(C)C.CCC.CCCCCCCCC.CCNC=O.CS. The van der Waals surface area contributed by atoms with Crippen molar-refractivity contribution < 1.29 is 33.6 Å². The molecule has 56 heavy (non-hydrogen) atoms. The zero-order chi connectivity index (χ0) is 44.3. The van der Waals surface area contributed by atoms with Crippen LogP contribution in [-0.2, 0) is 28.8 Å². The number of nitrogens with one attached hydrogen (secondary N) is 4. The third-order valence-corrected chi connectivity index (χ3v) is 8.36. The Bertz CT molecular complexity index is 1070. The smallest absolute Gasteiger partial charge is 0.315 e. The number of urea groups is 1. The van der Waals surface area contributed by atoms with Gasteiger partial charge in [0.2, 0.25) is 30.0 Å². The summed E-state index contributed by atoms with van der Waals surface area (Å²) in [5, 5.41) is 10.3. The number of thiol groups is 1. The van der Waals surface area contributed by atoms with E-state index in [2.05, 4.69) is 61.6 Å². The topological polar surface area (TPSA) is 174 Å². The lowest BCUT2D eigenvalue weighted by Crippen LogP contribution is -2.58. The molecule has 0 spiro atoms. The van der Waals surface area contributed by atoms with E-state index in [1.165, 1.54) is 68.1 Å². The van der Waals surface area contributed by atoms with Gasteiger partial charge < -0.3 is 26.2 Å². The fourth-order valence-corrected chi connectivity index (χ4v) is 5.38. The Kier molecular flexibility index (Phi) is 38.5. The number of amides is 7. The summed E-state index contributed by atoms with van der Waals surface area (Å²) in [6, 6.07) is -1.81. The maximum absolute atomic E-state index is 12.7. The Morgan fingerprint density at radius 1 is 0.857 bits per heavy atom. The van der Waals surface area contributed by atoms with E-state index in [-0.39, 0.29) is 61.4 Å². The van der Waals surface area contributed by atoms with Crippen molar-refractivity contribution in [2.75, 3.05) is 39.0 Å². The van der Waals surface area contributed by atoms with E-state index in [1.54, 1.807) is 6.26 Å². The Hall–Kier alpha value is -3.16. The molecule has 2 rings (SSSR count). The highest BCUT2D eigenvalue weighted by atomic mass is 32.1. The molecule has 0 saturated carbocycles. The maximum atomic E-state index is 12.7. The molecule has 0 aromatic carbocycles. The third kappa shape index (κ3) is 30.0. The summed E-state index contributed by atoms with van der Waals surface area (Å²) in [6.07, 6.45) is 15.3. The Labute approximate surface area is 347 Å². The van der Waals surface area contributed by atoms with Gasteiger partial charge in [-0.15, -0.1) is 0 Å². The summed E-state index contributed by atoms with van der Waals surface area (Å²) in [5.74, 6) is -1.50. The van der Waals surface area contributed by atoms with E-state index >= 15 is 0 Å². The first kappa shape index (κ1) is 59.5. The molecule has 2 fully saturated rings. The average Bonchev–Trinajstić information content (AvgIpc) is 3.63. The first-order chi connectivity index (χ1) is 26.3. The van der Waals surface area contributed by atoms with Crippen molar-refractivity contribution in [3.8, 4) is 0 Å². The molecule has 330 valence electrons. The van der Waals surface area contributed by atoms with Crippen LogP contribution in [0.4, 0.5) is 4.79 Å². The maximum Gasteiger partial charge on any atom is 0.315 e. The number of likely N-dealkylation sites (tertiary alicyclic amines) is 2. The molecule has 0 aromatic rings. The normalized spacial score (nSPS) is 15.8. The minimum Gasteiger partial charge on any atom is -0.359 e. The molecular weight excluding hydrogens is 733 g/mol. The number of imide groups is 1. The summed E-state index contributed by atoms with van der Waals surface area (Å²) in [6.45, 7) is 26.2. The number of nitrogens with zero attached hydrogens (tertiary/aromatic N) is 2. The third-order valence-electron chi connectivity index (χ3n) is 8.36. The molecule has 14 heteroatoms. The number of hydrogen-bond donors (Lipinski definition) is 5. The van der Waals surface area contributed by atoms with Crippen molar-refractivity contribution in [1.29, 1.82) is 0 Å². The van der Waals surface area contributed by atoms with Gasteiger partial charge in [-0.1, -0.05) is 128 Å². The number of rotatable bonds is 16. The highest BCUT2D eigenvalue weighted by Gasteiger charge is 2.40. The van der Waals surface area contributed by atoms with Crippen LogP contribution in [-0.4, -0.2) is 103 Å². The van der Waals surface area contributed by atoms with Crippen LogP contribution in [0.25, 0.3) is 0 Å². The molecule has 2 aliphatic rings. The zero-order valence-electron chi connectivity index (χ0n) is 38.0. The molecule has 2 aliphatic heterocycles. The summed E-state index contributed by atoms with van der Waals surface area (Å²) in [7, 11) is 0. The van der Waals surface area contributed by atoms with E-state index in [9.17, 15) is 33.6 Å². The van der Waals surface area contributed by atoms with Crippen molar-refractivity contribution >= 4 is 54.5 Å². The predicted octanol–water partition coefficient (Wildman–Crippen LogP) is 7.07. The van der Waals surface area contributed by atoms with Gasteiger partial charge in [0.05, 0.1) is 19.1 Å². The van der Waals surface area contributed by atoms with Crippen molar-refractivity contribution in [1.82, 2.24) is 31.1 Å². The minimum absolute atomic E-state index is 0.0448. The first-order valence-electron chi connectivity index (χ1n) is 20.9. The van der Waals surface area contributed by atoms with Gasteiger partial charge in [0.1, 0.15) is 11.8 Å².